The van der Waals surface area contributed by atoms with Crippen molar-refractivity contribution in [1.82, 2.24) is 0 Å². The average molecular weight is 374 g/mol. The minimum Gasteiger partial charge on any atom is -0.507 e. The van der Waals surface area contributed by atoms with Gasteiger partial charge in [0.1, 0.15) is 5.75 Å². The summed E-state index contributed by atoms with van der Waals surface area (Å²) in [6.45, 7) is 0. The first-order valence-corrected chi connectivity index (χ1v) is 9.69. The molecule has 1 heteroatoms. The Morgan fingerprint density at radius 2 is 0.828 bits per heavy atom. The summed E-state index contributed by atoms with van der Waals surface area (Å²) in [5, 5.41) is 12.8. The Morgan fingerprint density at radius 1 is 0.379 bits per heavy atom. The van der Waals surface area contributed by atoms with Gasteiger partial charge in [0.25, 0.3) is 0 Å². The molecule has 5 aromatic carbocycles. The maximum Gasteiger partial charge on any atom is 0.124 e. The van der Waals surface area contributed by atoms with E-state index in [4.69, 9.17) is 0 Å². The lowest BCUT2D eigenvalue weighted by Crippen LogP contribution is -1.85. The molecule has 0 amide bonds. The Bertz CT molecular complexity index is 1130. The van der Waals surface area contributed by atoms with E-state index in [9.17, 15) is 5.11 Å². The Hall–Kier alpha value is -3.84. The van der Waals surface area contributed by atoms with Crippen LogP contribution in [0.1, 0.15) is 0 Å². The van der Waals surface area contributed by atoms with Crippen LogP contribution < -0.4 is 0 Å². The molecule has 0 aromatic heterocycles. The van der Waals surface area contributed by atoms with Gasteiger partial charge in [-0.05, 0) is 33.5 Å². The molecule has 5 rings (SSSR count). The van der Waals surface area contributed by atoms with E-state index < -0.39 is 0 Å². The van der Waals surface area contributed by atoms with Crippen LogP contribution in [-0.4, -0.2) is 5.11 Å². The number of hydrogen-bond acceptors (Lipinski definition) is 1. The molecule has 0 unspecified atom stereocenters. The molecule has 0 aliphatic rings. The zero-order chi connectivity index (χ0) is 19.9. The molecule has 0 bridgehead atoms. The first-order chi connectivity index (χ1) is 14.3. The second-order valence-corrected chi connectivity index (χ2v) is 6.78. The summed E-state index contributed by atoms with van der Waals surface area (Å²) >= 11 is 0. The summed E-state index contributed by atoms with van der Waals surface area (Å²) in [7, 11) is 0. The summed E-state index contributed by atoms with van der Waals surface area (Å²) < 4.78 is 0. The minimum absolute atomic E-state index is 0.313. The summed E-state index contributed by atoms with van der Waals surface area (Å²) in [5.41, 5.74) is 4.07. The molecule has 0 heterocycles. The first kappa shape index (κ1) is 18.5. The van der Waals surface area contributed by atoms with Gasteiger partial charge < -0.3 is 5.11 Å². The number of hydrogen-bond donors (Lipinski definition) is 1. The van der Waals surface area contributed by atoms with Crippen LogP contribution in [0.5, 0.6) is 5.75 Å². The Balaban J connectivity index is 0.000000171. The lowest BCUT2D eigenvalue weighted by Gasteiger charge is -2.12. The van der Waals surface area contributed by atoms with Gasteiger partial charge in [-0.2, -0.15) is 0 Å². The first-order valence-electron chi connectivity index (χ1n) is 9.69. The van der Waals surface area contributed by atoms with Crippen LogP contribution in [0, 0.1) is 0 Å². The lowest BCUT2D eigenvalue weighted by atomic mass is 9.94. The predicted octanol–water partition coefficient (Wildman–Crippen LogP) is 7.57. The highest BCUT2D eigenvalue weighted by atomic mass is 16.3. The molecule has 1 N–H and O–H groups in total. The SMILES string of the molecule is Oc1cccc(-c2ccccc2)c1-c1ccccc1.c1ccc2ccccc2c1. The van der Waals surface area contributed by atoms with Gasteiger partial charge in [0.15, 0.2) is 0 Å². The predicted molar refractivity (Wildman–Crippen MR) is 123 cm³/mol. The fourth-order valence-electron chi connectivity index (χ4n) is 3.44. The van der Waals surface area contributed by atoms with Crippen LogP contribution in [0.3, 0.4) is 0 Å². The van der Waals surface area contributed by atoms with E-state index in [1.54, 1.807) is 6.07 Å². The fourth-order valence-corrected chi connectivity index (χ4v) is 3.44. The molecule has 0 spiro atoms. The van der Waals surface area contributed by atoms with Crippen molar-refractivity contribution in [2.24, 2.45) is 0 Å². The zero-order valence-electron chi connectivity index (χ0n) is 16.1. The van der Waals surface area contributed by atoms with E-state index in [2.05, 4.69) is 60.7 Å². The fraction of sp³-hybridized carbons (Fsp3) is 0. The lowest BCUT2D eigenvalue weighted by molar-refractivity contribution is 0.477. The van der Waals surface area contributed by atoms with Crippen LogP contribution in [0.4, 0.5) is 0 Å². The summed E-state index contributed by atoms with van der Waals surface area (Å²) in [5.74, 6) is 0.313. The Kier molecular flexibility index (Phi) is 5.68. The van der Waals surface area contributed by atoms with Crippen LogP contribution >= 0.6 is 0 Å². The van der Waals surface area contributed by atoms with E-state index in [1.165, 1.54) is 10.8 Å². The molecule has 0 atom stereocenters. The summed E-state index contributed by atoms with van der Waals surface area (Å²) in [6, 6.07) is 42.5. The molecule has 0 aliphatic heterocycles. The minimum atomic E-state index is 0.313. The maximum absolute atomic E-state index is 10.2. The van der Waals surface area contributed by atoms with Gasteiger partial charge in [0.05, 0.1) is 0 Å². The molecular weight excluding hydrogens is 352 g/mol. The van der Waals surface area contributed by atoms with Crippen molar-refractivity contribution >= 4 is 10.8 Å². The Labute approximate surface area is 171 Å². The molecule has 0 aliphatic carbocycles. The van der Waals surface area contributed by atoms with Crippen LogP contribution in [-0.2, 0) is 0 Å². The monoisotopic (exact) mass is 374 g/mol. The molecular formula is C28H22O. The quantitative estimate of drug-likeness (QED) is 0.338. The van der Waals surface area contributed by atoms with Crippen molar-refractivity contribution in [3.05, 3.63) is 127 Å². The number of phenolic OH excluding ortho intramolecular Hbond substituents is 1. The molecule has 0 saturated carbocycles. The largest absolute Gasteiger partial charge is 0.507 e. The third kappa shape index (κ3) is 4.36. The number of benzene rings is 5. The second-order valence-electron chi connectivity index (χ2n) is 6.78. The topological polar surface area (TPSA) is 20.2 Å². The van der Waals surface area contributed by atoms with E-state index in [1.807, 2.05) is 60.7 Å². The van der Waals surface area contributed by atoms with Gasteiger partial charge in [-0.25, -0.2) is 0 Å². The highest BCUT2D eigenvalue weighted by molar-refractivity contribution is 5.87. The van der Waals surface area contributed by atoms with Crippen molar-refractivity contribution in [2.45, 2.75) is 0 Å². The van der Waals surface area contributed by atoms with Gasteiger partial charge in [0, 0.05) is 5.56 Å². The molecule has 29 heavy (non-hydrogen) atoms. The third-order valence-electron chi connectivity index (χ3n) is 4.85. The van der Waals surface area contributed by atoms with Crippen LogP contribution in [0.25, 0.3) is 33.0 Å². The van der Waals surface area contributed by atoms with E-state index in [-0.39, 0.29) is 0 Å². The normalized spacial score (nSPS) is 10.2. The number of aromatic hydroxyl groups is 1. The highest BCUT2D eigenvalue weighted by Crippen LogP contribution is 2.38. The van der Waals surface area contributed by atoms with Gasteiger partial charge in [-0.1, -0.05) is 121 Å². The van der Waals surface area contributed by atoms with Gasteiger partial charge in [-0.3, -0.25) is 0 Å². The number of phenols is 1. The van der Waals surface area contributed by atoms with Crippen LogP contribution in [0.15, 0.2) is 127 Å². The van der Waals surface area contributed by atoms with Crippen molar-refractivity contribution in [3.8, 4) is 28.0 Å². The summed E-state index contributed by atoms with van der Waals surface area (Å²) in [4.78, 5) is 0. The number of rotatable bonds is 2. The molecule has 0 saturated heterocycles. The van der Waals surface area contributed by atoms with Crippen molar-refractivity contribution in [1.29, 1.82) is 0 Å². The molecule has 5 aromatic rings. The van der Waals surface area contributed by atoms with Gasteiger partial charge in [0.2, 0.25) is 0 Å². The molecule has 0 radical (unpaired) electrons. The van der Waals surface area contributed by atoms with E-state index in [0.29, 0.717) is 5.75 Å². The maximum atomic E-state index is 10.2. The van der Waals surface area contributed by atoms with E-state index in [0.717, 1.165) is 22.3 Å². The van der Waals surface area contributed by atoms with Crippen molar-refractivity contribution < 1.29 is 5.11 Å². The third-order valence-corrected chi connectivity index (χ3v) is 4.85. The molecule has 140 valence electrons. The smallest absolute Gasteiger partial charge is 0.124 e. The van der Waals surface area contributed by atoms with E-state index >= 15 is 0 Å². The standard InChI is InChI=1S/C18H14O.C10H8/c19-17-13-7-12-16(14-8-3-1-4-9-14)18(17)15-10-5-2-6-11-15;1-2-6-10-8-4-3-7-9(10)5-1/h1-13,19H;1-8H. The Morgan fingerprint density at radius 3 is 1.34 bits per heavy atom. The van der Waals surface area contributed by atoms with Crippen molar-refractivity contribution in [2.75, 3.05) is 0 Å². The summed E-state index contributed by atoms with van der Waals surface area (Å²) in [6.07, 6.45) is 0. The average Bonchev–Trinajstić information content (AvgIpc) is 2.80. The molecule has 1 nitrogen and oxygen atoms in total. The van der Waals surface area contributed by atoms with Crippen molar-refractivity contribution in [3.63, 3.8) is 0 Å². The zero-order valence-corrected chi connectivity index (χ0v) is 16.1. The van der Waals surface area contributed by atoms with Gasteiger partial charge in [-0.15, -0.1) is 0 Å². The van der Waals surface area contributed by atoms with Gasteiger partial charge >= 0.3 is 0 Å². The number of fused-ring (bicyclic) bond motifs is 1. The van der Waals surface area contributed by atoms with Crippen LogP contribution in [0.2, 0.25) is 0 Å². The molecule has 0 fully saturated rings. The second kappa shape index (κ2) is 8.90. The highest BCUT2D eigenvalue weighted by Gasteiger charge is 2.11.